The second-order valence-corrected chi connectivity index (χ2v) is 8.91. The summed E-state index contributed by atoms with van der Waals surface area (Å²) in [5.74, 6) is -1.27. The molecule has 0 aliphatic rings. The molecule has 134 valence electrons. The topological polar surface area (TPSA) is 109 Å². The van der Waals surface area contributed by atoms with Crippen LogP contribution in [0, 0.1) is 5.82 Å². The molecule has 0 aliphatic heterocycles. The van der Waals surface area contributed by atoms with Crippen molar-refractivity contribution in [1.29, 1.82) is 0 Å². The molecule has 1 amide bonds. The van der Waals surface area contributed by atoms with E-state index < -0.39 is 38.1 Å². The van der Waals surface area contributed by atoms with Gasteiger partial charge in [-0.25, -0.2) is 25.9 Å². The van der Waals surface area contributed by atoms with Gasteiger partial charge in [-0.05, 0) is 42.5 Å². The standard InChI is InChI=1S/C15H15FN2O5S2/c1-24(20,21)14-4-2-3-12(9-14)18-15(19)10-17-25(22,23)13-7-5-11(16)6-8-13/h2-9,17H,10H2,1H3,(H,18,19). The van der Waals surface area contributed by atoms with Crippen LogP contribution in [0.3, 0.4) is 0 Å². The summed E-state index contributed by atoms with van der Waals surface area (Å²) in [4.78, 5) is 11.7. The van der Waals surface area contributed by atoms with Crippen molar-refractivity contribution in [3.63, 3.8) is 0 Å². The first-order valence-electron chi connectivity index (χ1n) is 6.93. The van der Waals surface area contributed by atoms with E-state index in [1.165, 1.54) is 24.3 Å². The lowest BCUT2D eigenvalue weighted by molar-refractivity contribution is -0.115. The minimum atomic E-state index is -3.97. The monoisotopic (exact) mass is 386 g/mol. The van der Waals surface area contributed by atoms with Gasteiger partial charge >= 0.3 is 0 Å². The molecule has 2 aromatic rings. The van der Waals surface area contributed by atoms with Gasteiger partial charge in [0.25, 0.3) is 0 Å². The summed E-state index contributed by atoms with van der Waals surface area (Å²) in [5.41, 5.74) is 0.217. The molecule has 2 N–H and O–H groups in total. The number of benzene rings is 2. The van der Waals surface area contributed by atoms with E-state index in [0.29, 0.717) is 0 Å². The van der Waals surface area contributed by atoms with Gasteiger partial charge < -0.3 is 5.32 Å². The van der Waals surface area contributed by atoms with Gasteiger partial charge in [-0.3, -0.25) is 4.79 Å². The number of hydrogen-bond donors (Lipinski definition) is 2. The van der Waals surface area contributed by atoms with Crippen LogP contribution in [0.4, 0.5) is 10.1 Å². The third-order valence-electron chi connectivity index (χ3n) is 3.09. The number of amides is 1. The molecular formula is C15H15FN2O5S2. The number of hydrogen-bond acceptors (Lipinski definition) is 5. The smallest absolute Gasteiger partial charge is 0.241 e. The first kappa shape index (κ1) is 19.0. The molecular weight excluding hydrogens is 371 g/mol. The van der Waals surface area contributed by atoms with Gasteiger partial charge in [-0.1, -0.05) is 6.07 Å². The summed E-state index contributed by atoms with van der Waals surface area (Å²) in [5, 5.41) is 2.40. The number of sulfone groups is 1. The van der Waals surface area contributed by atoms with E-state index in [0.717, 1.165) is 30.5 Å². The number of nitrogens with one attached hydrogen (secondary N) is 2. The van der Waals surface area contributed by atoms with Crippen molar-refractivity contribution in [3.05, 3.63) is 54.3 Å². The van der Waals surface area contributed by atoms with Gasteiger partial charge in [0.15, 0.2) is 9.84 Å². The highest BCUT2D eigenvalue weighted by Crippen LogP contribution is 2.15. The largest absolute Gasteiger partial charge is 0.325 e. The average Bonchev–Trinajstić information content (AvgIpc) is 2.53. The molecule has 2 aromatic carbocycles. The van der Waals surface area contributed by atoms with Gasteiger partial charge in [0, 0.05) is 11.9 Å². The number of carbonyl (C=O) groups excluding carboxylic acids is 1. The fourth-order valence-electron chi connectivity index (χ4n) is 1.87. The van der Waals surface area contributed by atoms with Crippen LogP contribution in [0.5, 0.6) is 0 Å². The molecule has 0 saturated heterocycles. The highest BCUT2D eigenvalue weighted by Gasteiger charge is 2.16. The summed E-state index contributed by atoms with van der Waals surface area (Å²) < 4.78 is 61.8. The molecule has 0 aromatic heterocycles. The van der Waals surface area contributed by atoms with E-state index in [1.54, 1.807) is 0 Å². The zero-order valence-corrected chi connectivity index (χ0v) is 14.7. The van der Waals surface area contributed by atoms with Crippen molar-refractivity contribution < 1.29 is 26.0 Å². The maximum Gasteiger partial charge on any atom is 0.241 e. The van der Waals surface area contributed by atoms with Gasteiger partial charge in [-0.2, -0.15) is 0 Å². The molecule has 10 heteroatoms. The van der Waals surface area contributed by atoms with Crippen molar-refractivity contribution in [2.45, 2.75) is 9.79 Å². The number of rotatable bonds is 6. The van der Waals surface area contributed by atoms with Gasteiger partial charge in [0.1, 0.15) is 5.82 Å². The molecule has 7 nitrogen and oxygen atoms in total. The van der Waals surface area contributed by atoms with E-state index in [-0.39, 0.29) is 15.5 Å². The summed E-state index contributed by atoms with van der Waals surface area (Å²) in [6.45, 7) is -0.567. The number of sulfonamides is 1. The van der Waals surface area contributed by atoms with E-state index in [1.807, 2.05) is 0 Å². The molecule has 25 heavy (non-hydrogen) atoms. The van der Waals surface area contributed by atoms with E-state index >= 15 is 0 Å². The fourth-order valence-corrected chi connectivity index (χ4v) is 3.52. The molecule has 0 aliphatic carbocycles. The third kappa shape index (κ3) is 5.34. The van der Waals surface area contributed by atoms with Crippen LogP contribution in [-0.4, -0.2) is 35.5 Å². The predicted molar refractivity (Wildman–Crippen MR) is 89.8 cm³/mol. The van der Waals surface area contributed by atoms with Crippen LogP contribution < -0.4 is 10.0 Å². The number of anilines is 1. The minimum absolute atomic E-state index is 0.0252. The van der Waals surface area contributed by atoms with Crippen molar-refractivity contribution in [2.75, 3.05) is 18.1 Å². The Morgan fingerprint density at radius 1 is 1.00 bits per heavy atom. The highest BCUT2D eigenvalue weighted by atomic mass is 32.2. The van der Waals surface area contributed by atoms with E-state index in [2.05, 4.69) is 10.0 Å². The predicted octanol–water partition coefficient (Wildman–Crippen LogP) is 1.15. The SMILES string of the molecule is CS(=O)(=O)c1cccc(NC(=O)CNS(=O)(=O)c2ccc(F)cc2)c1. The van der Waals surface area contributed by atoms with E-state index in [4.69, 9.17) is 0 Å². The lowest BCUT2D eigenvalue weighted by Crippen LogP contribution is -2.32. The number of carbonyl (C=O) groups is 1. The zero-order chi connectivity index (χ0) is 18.7. The average molecular weight is 386 g/mol. The molecule has 0 heterocycles. The second-order valence-electron chi connectivity index (χ2n) is 5.13. The highest BCUT2D eigenvalue weighted by molar-refractivity contribution is 7.90. The quantitative estimate of drug-likeness (QED) is 0.774. The van der Waals surface area contributed by atoms with Crippen molar-refractivity contribution in [2.24, 2.45) is 0 Å². The van der Waals surface area contributed by atoms with Crippen LogP contribution in [-0.2, 0) is 24.7 Å². The maximum absolute atomic E-state index is 12.8. The molecule has 0 bridgehead atoms. The van der Waals surface area contributed by atoms with E-state index in [9.17, 15) is 26.0 Å². The summed E-state index contributed by atoms with van der Waals surface area (Å²) in [6, 6.07) is 9.70. The molecule has 2 rings (SSSR count). The first-order chi connectivity index (χ1) is 11.6. The molecule has 0 unspecified atom stereocenters. The Kier molecular flexibility index (Phi) is 5.55. The lowest BCUT2D eigenvalue weighted by Gasteiger charge is -2.09. The third-order valence-corrected chi connectivity index (χ3v) is 5.62. The number of halogens is 1. The Morgan fingerprint density at radius 2 is 1.64 bits per heavy atom. The van der Waals surface area contributed by atoms with Gasteiger partial charge in [0.05, 0.1) is 16.3 Å². The van der Waals surface area contributed by atoms with Crippen molar-refractivity contribution in [1.82, 2.24) is 4.72 Å². The molecule has 0 spiro atoms. The maximum atomic E-state index is 12.8. The molecule has 0 atom stereocenters. The zero-order valence-electron chi connectivity index (χ0n) is 13.1. The molecule has 0 saturated carbocycles. The van der Waals surface area contributed by atoms with Crippen LogP contribution in [0.2, 0.25) is 0 Å². The molecule has 0 fully saturated rings. The van der Waals surface area contributed by atoms with Crippen LogP contribution in [0.15, 0.2) is 58.3 Å². The first-order valence-corrected chi connectivity index (χ1v) is 10.3. The van der Waals surface area contributed by atoms with Gasteiger partial charge in [-0.15, -0.1) is 0 Å². The second kappa shape index (κ2) is 7.30. The van der Waals surface area contributed by atoms with Crippen LogP contribution in [0.25, 0.3) is 0 Å². The lowest BCUT2D eigenvalue weighted by atomic mass is 10.3. The van der Waals surface area contributed by atoms with Crippen molar-refractivity contribution >= 4 is 31.5 Å². The Labute approximate surface area is 144 Å². The molecule has 0 radical (unpaired) electrons. The minimum Gasteiger partial charge on any atom is -0.325 e. The Morgan fingerprint density at radius 3 is 2.24 bits per heavy atom. The van der Waals surface area contributed by atoms with Crippen molar-refractivity contribution in [3.8, 4) is 0 Å². The Balaban J connectivity index is 2.02. The summed E-state index contributed by atoms with van der Waals surface area (Å²) >= 11 is 0. The normalized spacial score (nSPS) is 11.9. The van der Waals surface area contributed by atoms with Gasteiger partial charge in [0.2, 0.25) is 15.9 Å². The fraction of sp³-hybridized carbons (Fsp3) is 0.133. The summed E-state index contributed by atoms with van der Waals surface area (Å²) in [6.07, 6.45) is 1.03. The Hall–Kier alpha value is -2.30. The van der Waals surface area contributed by atoms with Crippen LogP contribution >= 0.6 is 0 Å². The Bertz CT molecular complexity index is 987. The summed E-state index contributed by atoms with van der Waals surface area (Å²) in [7, 11) is -7.40. The van der Waals surface area contributed by atoms with Crippen LogP contribution in [0.1, 0.15) is 0 Å².